The van der Waals surface area contributed by atoms with Crippen LogP contribution in [0.5, 0.6) is 5.75 Å². The SMILES string of the molecule is O=C(N[C@@H](Cc1ccc(OCc2ccccc2)cc1)C(=O)O)c1cn2cc(-c3ccccc3F)ccc2n1. The van der Waals surface area contributed by atoms with E-state index in [4.69, 9.17) is 4.74 Å². The van der Waals surface area contributed by atoms with Gasteiger partial charge in [-0.15, -0.1) is 0 Å². The number of rotatable bonds is 9. The van der Waals surface area contributed by atoms with Crippen molar-refractivity contribution in [1.29, 1.82) is 0 Å². The summed E-state index contributed by atoms with van der Waals surface area (Å²) in [6.45, 7) is 0.425. The molecule has 1 atom stereocenters. The van der Waals surface area contributed by atoms with Crippen LogP contribution in [-0.2, 0) is 17.8 Å². The first kappa shape index (κ1) is 24.7. The minimum Gasteiger partial charge on any atom is -0.489 e. The van der Waals surface area contributed by atoms with E-state index in [1.807, 2.05) is 30.3 Å². The summed E-state index contributed by atoms with van der Waals surface area (Å²) in [4.78, 5) is 29.1. The first-order valence-electron chi connectivity index (χ1n) is 12.0. The maximum absolute atomic E-state index is 14.2. The minimum absolute atomic E-state index is 0.0617. The number of nitrogens with zero attached hydrogens (tertiary/aromatic N) is 2. The predicted octanol–water partition coefficient (Wildman–Crippen LogP) is 5.15. The van der Waals surface area contributed by atoms with Gasteiger partial charge in [-0.1, -0.05) is 60.7 Å². The fraction of sp³-hybridized carbons (Fsp3) is 0.100. The predicted molar refractivity (Wildman–Crippen MR) is 140 cm³/mol. The van der Waals surface area contributed by atoms with E-state index in [2.05, 4.69) is 10.3 Å². The Labute approximate surface area is 218 Å². The Morgan fingerprint density at radius 1 is 0.895 bits per heavy atom. The molecule has 8 heteroatoms. The van der Waals surface area contributed by atoms with Crippen LogP contribution in [-0.4, -0.2) is 32.4 Å². The van der Waals surface area contributed by atoms with Gasteiger partial charge < -0.3 is 19.6 Å². The van der Waals surface area contributed by atoms with Crippen molar-refractivity contribution in [2.45, 2.75) is 19.1 Å². The van der Waals surface area contributed by atoms with Crippen LogP contribution in [0.2, 0.25) is 0 Å². The summed E-state index contributed by atoms with van der Waals surface area (Å²) in [6.07, 6.45) is 3.26. The molecule has 0 aliphatic rings. The summed E-state index contributed by atoms with van der Waals surface area (Å²) in [6, 6.07) is 25.5. The van der Waals surface area contributed by atoms with Gasteiger partial charge in [0.05, 0.1) is 0 Å². The Morgan fingerprint density at radius 2 is 1.63 bits per heavy atom. The summed E-state index contributed by atoms with van der Waals surface area (Å²) in [5.41, 5.74) is 3.37. The molecule has 38 heavy (non-hydrogen) atoms. The molecule has 0 spiro atoms. The lowest BCUT2D eigenvalue weighted by molar-refractivity contribution is -0.139. The normalized spacial score (nSPS) is 11.7. The number of carbonyl (C=O) groups is 2. The lowest BCUT2D eigenvalue weighted by atomic mass is 10.1. The second kappa shape index (κ2) is 11.0. The summed E-state index contributed by atoms with van der Waals surface area (Å²) in [7, 11) is 0. The third-order valence-electron chi connectivity index (χ3n) is 6.08. The van der Waals surface area contributed by atoms with E-state index >= 15 is 0 Å². The highest BCUT2D eigenvalue weighted by Crippen LogP contribution is 2.23. The van der Waals surface area contributed by atoms with Crippen molar-refractivity contribution in [3.05, 3.63) is 126 Å². The number of pyridine rings is 1. The number of fused-ring (bicyclic) bond motifs is 1. The van der Waals surface area contributed by atoms with Crippen LogP contribution < -0.4 is 10.1 Å². The Hall–Kier alpha value is -4.98. The van der Waals surface area contributed by atoms with Crippen molar-refractivity contribution in [3.63, 3.8) is 0 Å². The lowest BCUT2D eigenvalue weighted by Crippen LogP contribution is -2.42. The molecule has 0 aliphatic heterocycles. The van der Waals surface area contributed by atoms with Crippen LogP contribution in [0.25, 0.3) is 16.8 Å². The molecule has 0 bridgehead atoms. The number of carboxylic acid groups (broad SMARTS) is 1. The van der Waals surface area contributed by atoms with Crippen molar-refractivity contribution >= 4 is 17.5 Å². The molecule has 0 radical (unpaired) electrons. The highest BCUT2D eigenvalue weighted by Gasteiger charge is 2.23. The minimum atomic E-state index is -1.16. The second-order valence-corrected chi connectivity index (χ2v) is 8.78. The van der Waals surface area contributed by atoms with Crippen LogP contribution >= 0.6 is 0 Å². The molecular formula is C30H24FN3O4. The maximum Gasteiger partial charge on any atom is 0.326 e. The van der Waals surface area contributed by atoms with Crippen molar-refractivity contribution in [2.24, 2.45) is 0 Å². The van der Waals surface area contributed by atoms with Crippen molar-refractivity contribution < 1.29 is 23.8 Å². The zero-order valence-corrected chi connectivity index (χ0v) is 20.3. The molecule has 190 valence electrons. The van der Waals surface area contributed by atoms with E-state index in [0.717, 1.165) is 11.1 Å². The largest absolute Gasteiger partial charge is 0.489 e. The van der Waals surface area contributed by atoms with Gasteiger partial charge in [0, 0.05) is 29.9 Å². The van der Waals surface area contributed by atoms with E-state index < -0.39 is 17.9 Å². The average Bonchev–Trinajstić information content (AvgIpc) is 3.37. The lowest BCUT2D eigenvalue weighted by Gasteiger charge is -2.14. The molecule has 0 saturated carbocycles. The quantitative estimate of drug-likeness (QED) is 0.287. The van der Waals surface area contributed by atoms with Gasteiger partial charge in [0.15, 0.2) is 0 Å². The average molecular weight is 510 g/mol. The maximum atomic E-state index is 14.2. The fourth-order valence-corrected chi connectivity index (χ4v) is 4.09. The smallest absolute Gasteiger partial charge is 0.326 e. The fourth-order valence-electron chi connectivity index (χ4n) is 4.09. The van der Waals surface area contributed by atoms with E-state index in [0.29, 0.717) is 29.1 Å². The molecule has 0 aliphatic carbocycles. The molecule has 5 rings (SSSR count). The van der Waals surface area contributed by atoms with Gasteiger partial charge in [-0.2, -0.15) is 0 Å². The van der Waals surface area contributed by atoms with Crippen molar-refractivity contribution in [2.75, 3.05) is 0 Å². The van der Waals surface area contributed by atoms with E-state index in [9.17, 15) is 19.1 Å². The number of nitrogens with one attached hydrogen (secondary N) is 1. The highest BCUT2D eigenvalue weighted by molar-refractivity contribution is 5.95. The molecule has 1 amide bonds. The number of imidazole rings is 1. The summed E-state index contributed by atoms with van der Waals surface area (Å²) in [5.74, 6) is -1.47. The number of hydrogen-bond acceptors (Lipinski definition) is 4. The summed E-state index contributed by atoms with van der Waals surface area (Å²) < 4.78 is 21.6. The topological polar surface area (TPSA) is 92.9 Å². The van der Waals surface area contributed by atoms with Gasteiger partial charge in [0.1, 0.15) is 35.6 Å². The number of hydrogen-bond donors (Lipinski definition) is 2. The molecule has 5 aromatic rings. The summed E-state index contributed by atoms with van der Waals surface area (Å²) >= 11 is 0. The Balaban J connectivity index is 1.25. The van der Waals surface area contributed by atoms with Crippen molar-refractivity contribution in [1.82, 2.24) is 14.7 Å². The molecule has 0 unspecified atom stereocenters. The zero-order valence-electron chi connectivity index (χ0n) is 20.3. The molecule has 2 aromatic heterocycles. The summed E-state index contributed by atoms with van der Waals surface area (Å²) in [5, 5.41) is 12.3. The number of amides is 1. The molecule has 2 heterocycles. The zero-order chi connectivity index (χ0) is 26.5. The number of ether oxygens (including phenoxy) is 1. The van der Waals surface area contributed by atoms with Crippen LogP contribution in [0.15, 0.2) is 103 Å². The number of aliphatic carboxylic acids is 1. The number of carbonyl (C=O) groups excluding carboxylic acids is 1. The number of carboxylic acids is 1. The third kappa shape index (κ3) is 5.70. The first-order valence-corrected chi connectivity index (χ1v) is 12.0. The molecular weight excluding hydrogens is 485 g/mol. The first-order chi connectivity index (χ1) is 18.5. The second-order valence-electron chi connectivity index (χ2n) is 8.78. The monoisotopic (exact) mass is 509 g/mol. The number of aromatic nitrogens is 2. The third-order valence-corrected chi connectivity index (χ3v) is 6.08. The molecule has 7 nitrogen and oxygen atoms in total. The van der Waals surface area contributed by atoms with Gasteiger partial charge in [-0.05, 0) is 41.5 Å². The van der Waals surface area contributed by atoms with E-state index in [-0.39, 0.29) is 17.9 Å². The standard InChI is InChI=1S/C30H24FN3O4/c31-25-9-5-4-8-24(25)22-12-15-28-32-27(18-34(28)17-22)29(35)33-26(30(36)37)16-20-10-13-23(14-11-20)38-19-21-6-2-1-3-7-21/h1-15,17-18,26H,16,19H2,(H,33,35)(H,36,37)/t26-/m0/s1. The Kier molecular flexibility index (Phi) is 7.13. The van der Waals surface area contributed by atoms with Gasteiger partial charge in [-0.25, -0.2) is 14.2 Å². The van der Waals surface area contributed by atoms with Gasteiger partial charge >= 0.3 is 5.97 Å². The van der Waals surface area contributed by atoms with Gasteiger partial charge in [0.25, 0.3) is 5.91 Å². The molecule has 0 fully saturated rings. The van der Waals surface area contributed by atoms with E-state index in [1.54, 1.807) is 65.2 Å². The molecule has 3 aromatic carbocycles. The van der Waals surface area contributed by atoms with Gasteiger partial charge in [0.2, 0.25) is 0 Å². The van der Waals surface area contributed by atoms with Crippen LogP contribution in [0.3, 0.4) is 0 Å². The van der Waals surface area contributed by atoms with Crippen molar-refractivity contribution in [3.8, 4) is 16.9 Å². The number of halogens is 1. The molecule has 2 N–H and O–H groups in total. The Morgan fingerprint density at radius 3 is 2.37 bits per heavy atom. The van der Waals surface area contributed by atoms with E-state index in [1.165, 1.54) is 12.3 Å². The highest BCUT2D eigenvalue weighted by atomic mass is 19.1. The van der Waals surface area contributed by atoms with Gasteiger partial charge in [-0.3, -0.25) is 4.79 Å². The number of benzene rings is 3. The Bertz CT molecular complexity index is 1580. The van der Waals surface area contributed by atoms with Crippen LogP contribution in [0, 0.1) is 5.82 Å². The van der Waals surface area contributed by atoms with Crippen LogP contribution in [0.4, 0.5) is 4.39 Å². The molecule has 0 saturated heterocycles. The van der Waals surface area contributed by atoms with Crippen LogP contribution in [0.1, 0.15) is 21.6 Å².